The van der Waals surface area contributed by atoms with Gasteiger partial charge in [-0.2, -0.15) is 4.39 Å². The van der Waals surface area contributed by atoms with Crippen LogP contribution in [-0.2, 0) is 123 Å². The monoisotopic (exact) mass is 2080 g/mol. The number of carboxylic acid groups (broad SMARTS) is 2. The zero-order valence-electron chi connectivity index (χ0n) is 82.8. The van der Waals surface area contributed by atoms with E-state index >= 15 is 43.2 Å². The molecule has 0 spiro atoms. The number of carbonyl (C=O) groups excluding carboxylic acids is 18. The molecule has 3 saturated heterocycles. The highest BCUT2D eigenvalue weighted by atomic mass is 32.2. The molecule has 10 rings (SSSR count). The number of aromatic nitrogens is 4. The maximum atomic E-state index is 16.0. The Labute approximate surface area is 854 Å². The van der Waals surface area contributed by atoms with Crippen LogP contribution in [0.25, 0.3) is 21.8 Å². The van der Waals surface area contributed by atoms with Gasteiger partial charge in [0.2, 0.25) is 106 Å². The summed E-state index contributed by atoms with van der Waals surface area (Å²) in [5.74, 6) is -23.4. The number of aromatic hydroxyl groups is 1. The summed E-state index contributed by atoms with van der Waals surface area (Å²) < 4.78 is 15.2. The maximum absolute atomic E-state index is 16.0. The number of nitrogens with two attached hydrogens (primary N) is 2. The molecule has 47 nitrogen and oxygen atoms in total. The van der Waals surface area contributed by atoms with E-state index in [4.69, 9.17) is 11.5 Å². The molecule has 148 heavy (non-hydrogen) atoms. The number of hydrogen-bond donors (Lipinski definition) is 20. The average Bonchev–Trinajstić information content (AvgIpc) is 1.63. The number of halogens is 1. The van der Waals surface area contributed by atoms with Crippen LogP contribution >= 0.6 is 11.8 Å². The summed E-state index contributed by atoms with van der Waals surface area (Å²) >= 11 is 0.713. The van der Waals surface area contributed by atoms with Crippen molar-refractivity contribution in [1.82, 2.24) is 103 Å². The fraction of sp³-hybridized carbons (Fsp3) is 0.485. The number of pyridine rings is 1. The second kappa shape index (κ2) is 54.7. The van der Waals surface area contributed by atoms with Crippen LogP contribution < -0.4 is 70.0 Å². The number of para-hydroxylation sites is 2. The summed E-state index contributed by atoms with van der Waals surface area (Å²) in [5.41, 5.74) is 13.4. The molecule has 22 N–H and O–H groups in total. The topological polar surface area (TPSA) is 693 Å². The van der Waals surface area contributed by atoms with Crippen LogP contribution in [0.2, 0.25) is 0 Å². The number of aliphatic carboxylic acids is 2. The van der Waals surface area contributed by atoms with E-state index in [1.54, 1.807) is 68.4 Å². The molecule has 0 saturated carbocycles. The molecule has 0 aliphatic carbocycles. The average molecular weight is 2080 g/mol. The standard InChI is InChI=1S/C99H129FN22O25S/c1-7-9-24-75-92(140)109-65(23-15-16-36-104-86(134)56-30-34-79(100)106-45-56)88(136)116-73(87(135)107-47-81(102)127)52-148-53-82(128)108-69(39-55-28-31-60(124)32-29-55)95(143)117(4)54(3)85(133)113-71(44-80(101)126)98(146)121-38-18-27-76(121)93(141)112-68(42-59-19-17-37-103-59)90(138)110-66(33-35-83(129)130)97(145)122-49-61(125)43-78(122)94(142)111-67(40-57-46-105-64-22-13-11-20-62(57)64)89(137)115-72(51-123)91(139)114-70(96(144)119(6)77(25-10-8-2)99(147)118(75)5)41-58-48-120(50-84(131)132)74-26-14-12-21-63(58)74/h11-14,17,19-22,26,28-32,34,37,45-46,48,54,61,65-73,75-78,103,105,123-125H,7-10,15-16,18,23-25,27,33,35-36,38-44,47,49-53H2,1-6H3,(H2,101,126)(H2,102,127)(H,104,134)(H,107,135)(H,108,128)(H,109,140)(H,110,138)(H,111,142)(H,112,141)(H,113,133)(H,114,139)(H,115,137)(H,116,136)(H,129,130)(H,131,132)/t54-,61+,65-,66-,67-,68-,69-,70-,71-,72-,73-,75-,76-,77-,78-/m0/s1/i100-1. The lowest BCUT2D eigenvalue weighted by atomic mass is 10.00. The zero-order chi connectivity index (χ0) is 108. The summed E-state index contributed by atoms with van der Waals surface area (Å²) in [6, 6.07) is 0.165. The van der Waals surface area contributed by atoms with Crippen molar-refractivity contribution in [1.29, 1.82) is 0 Å². The van der Waals surface area contributed by atoms with Gasteiger partial charge < -0.3 is 135 Å². The van der Waals surface area contributed by atoms with Crippen molar-refractivity contribution in [2.45, 2.75) is 240 Å². The predicted molar refractivity (Wildman–Crippen MR) is 532 cm³/mol. The number of carboxylic acids is 2. The molecule has 0 unspecified atom stereocenters. The van der Waals surface area contributed by atoms with E-state index in [1.807, 2.05) is 0 Å². The number of phenolic OH excluding ortho intramolecular Hbond substituents is 1. The SMILES string of the molecule is CCCC[C@H]1C(=O)N(C)[C@@H](CCCC)C(=O)N[C@@H](CCCCNC(=O)c2ccc([18F])nc2)C(=O)N[C@H](C(=O)NCC(N)=O)CSCC(=O)N[C@@H](Cc2ccc(O)cc2)C(=O)N(C)[C@@H](C)C(=O)N[C@@H](CC(N)=O)C(=O)N2CCC[C@H]2C(=O)N[C@@H](Cc2ccc[nH]2)C(=O)N[C@@H](CCC(=O)O)C(=O)N2C[C@H](O)C[C@H]2C(=O)N[C@@H](Cc2c[nH]c3ccccc23)C(=O)N[C@@H](CO)C(=O)N[C@@H](Cc2cn(CC(=O)O)c3ccccc23)C(=O)N1C. The van der Waals surface area contributed by atoms with Crippen LogP contribution in [0.1, 0.15) is 150 Å². The Bertz CT molecular complexity index is 5950. The molecule has 0 radical (unpaired) electrons. The highest BCUT2D eigenvalue weighted by Crippen LogP contribution is 2.29. The van der Waals surface area contributed by atoms with Crippen molar-refractivity contribution in [2.24, 2.45) is 11.5 Å². The summed E-state index contributed by atoms with van der Waals surface area (Å²) in [7, 11) is 3.71. The smallest absolute Gasteiger partial charge is 0.323 e. The first-order chi connectivity index (χ1) is 70.6. The Morgan fingerprint density at radius 2 is 1.14 bits per heavy atom. The van der Waals surface area contributed by atoms with Gasteiger partial charge in [0.1, 0.15) is 96.9 Å². The number of benzene rings is 3. The van der Waals surface area contributed by atoms with Gasteiger partial charge in [0.05, 0.1) is 37.0 Å². The van der Waals surface area contributed by atoms with E-state index in [0.29, 0.717) is 63.2 Å². The molecule has 3 aliphatic heterocycles. The van der Waals surface area contributed by atoms with Crippen molar-refractivity contribution in [3.8, 4) is 5.75 Å². The summed E-state index contributed by atoms with van der Waals surface area (Å²) in [4.78, 5) is 305. The molecule has 18 amide bonds. The molecule has 7 heterocycles. The summed E-state index contributed by atoms with van der Waals surface area (Å²) in [6.07, 6.45) is 0.326. The third-order valence-electron chi connectivity index (χ3n) is 26.1. The second-order valence-corrected chi connectivity index (χ2v) is 37.9. The first kappa shape index (κ1) is 115. The third-order valence-corrected chi connectivity index (χ3v) is 27.1. The number of rotatable bonds is 31. The zero-order valence-corrected chi connectivity index (χ0v) is 83.6. The van der Waals surface area contributed by atoms with Crippen LogP contribution in [0.15, 0.2) is 122 Å². The van der Waals surface area contributed by atoms with E-state index in [1.165, 1.54) is 87.6 Å². The lowest BCUT2D eigenvalue weighted by Gasteiger charge is -2.36. The Hall–Kier alpha value is -15.4. The van der Waals surface area contributed by atoms with Gasteiger partial charge >= 0.3 is 11.9 Å². The maximum Gasteiger partial charge on any atom is 0.323 e. The van der Waals surface area contributed by atoms with Crippen LogP contribution in [0.4, 0.5) is 4.39 Å². The summed E-state index contributed by atoms with van der Waals surface area (Å²) in [6.45, 7) is 1.32. The normalized spacial score (nSPS) is 23.5. The fourth-order valence-corrected chi connectivity index (χ4v) is 18.8. The van der Waals surface area contributed by atoms with Crippen molar-refractivity contribution in [3.63, 3.8) is 0 Å². The number of thioether (sulfide) groups is 1. The Morgan fingerprint density at radius 3 is 1.80 bits per heavy atom. The van der Waals surface area contributed by atoms with Gasteiger partial charge in [-0.3, -0.25) is 95.9 Å². The van der Waals surface area contributed by atoms with E-state index in [9.17, 15) is 82.7 Å². The number of likely N-dealkylation sites (N-methyl/N-ethyl adjacent to an activating group) is 3. The van der Waals surface area contributed by atoms with Gasteiger partial charge in [-0.15, -0.1) is 11.8 Å². The largest absolute Gasteiger partial charge is 0.508 e. The Balaban J connectivity index is 1.04. The van der Waals surface area contributed by atoms with Crippen molar-refractivity contribution in [3.05, 3.63) is 156 Å². The lowest BCUT2D eigenvalue weighted by Crippen LogP contribution is -2.61. The first-order valence-electron chi connectivity index (χ1n) is 48.8. The Morgan fingerprint density at radius 1 is 0.541 bits per heavy atom. The van der Waals surface area contributed by atoms with Crippen LogP contribution in [0.5, 0.6) is 5.75 Å². The number of aromatic amines is 2. The number of aliphatic hydroxyl groups is 2. The number of carbonyl (C=O) groups is 20. The van der Waals surface area contributed by atoms with Gasteiger partial charge in [-0.05, 0) is 124 Å². The number of H-pyrrole nitrogens is 2. The lowest BCUT2D eigenvalue weighted by molar-refractivity contribution is -0.149. The van der Waals surface area contributed by atoms with Gasteiger partial charge in [-0.25, -0.2) is 4.98 Å². The van der Waals surface area contributed by atoms with E-state index < -0.39 is 291 Å². The molecule has 3 fully saturated rings. The first-order valence-corrected chi connectivity index (χ1v) is 49.9. The molecule has 49 heteroatoms. The van der Waals surface area contributed by atoms with E-state index in [0.717, 1.165) is 36.8 Å². The van der Waals surface area contributed by atoms with Crippen molar-refractivity contribution < 1.29 is 126 Å². The third kappa shape index (κ3) is 31.8. The number of phenols is 1. The second-order valence-electron chi connectivity index (χ2n) is 36.9. The molecule has 0 bridgehead atoms. The van der Waals surface area contributed by atoms with E-state index in [2.05, 4.69) is 73.4 Å². The number of amides is 18. The number of unbranched alkanes of at least 4 members (excludes halogenated alkanes) is 3. The number of aliphatic hydroxyl groups excluding tert-OH is 2. The van der Waals surface area contributed by atoms with Gasteiger partial charge in [0.25, 0.3) is 5.91 Å². The van der Waals surface area contributed by atoms with Crippen molar-refractivity contribution in [2.75, 3.05) is 65.4 Å². The highest BCUT2D eigenvalue weighted by Gasteiger charge is 2.47. The van der Waals surface area contributed by atoms with E-state index in [-0.39, 0.29) is 101 Å². The molecule has 4 aromatic heterocycles. The minimum atomic E-state index is -2.04. The molecule has 15 atom stereocenters. The van der Waals surface area contributed by atoms with Crippen molar-refractivity contribution >= 4 is 152 Å². The summed E-state index contributed by atoms with van der Waals surface area (Å²) in [5, 5.41) is 82.8. The van der Waals surface area contributed by atoms with Crippen LogP contribution in [-0.4, -0.2) is 344 Å². The highest BCUT2D eigenvalue weighted by molar-refractivity contribution is 8.00. The minimum Gasteiger partial charge on any atom is -0.508 e. The van der Waals surface area contributed by atoms with Crippen LogP contribution in [0.3, 0.4) is 0 Å². The van der Waals surface area contributed by atoms with Gasteiger partial charge in [0, 0.05) is 137 Å². The predicted octanol–water partition coefficient (Wildman–Crippen LogP) is -2.08. The molecule has 798 valence electrons. The molecular formula is C99H129FN22O25S. The number of nitrogens with zero attached hydrogens (tertiary/aromatic N) is 7. The van der Waals surface area contributed by atoms with Crippen LogP contribution in [0, 0.1) is 5.95 Å². The number of fused-ring (bicyclic) bond motifs is 4. The number of hydrogen-bond acceptors (Lipinski definition) is 25. The molecule has 7 aromatic rings. The molecular weight excluding hydrogens is 1950 g/mol. The molecule has 3 aromatic carbocycles. The van der Waals surface area contributed by atoms with Gasteiger partial charge in [-0.1, -0.05) is 88.1 Å². The molecule has 3 aliphatic rings. The van der Waals surface area contributed by atoms with Gasteiger partial charge in [0.15, 0.2) is 0 Å². The Kier molecular flexibility index (Phi) is 42.3. The fourth-order valence-electron chi connectivity index (χ4n) is 17.9. The number of nitrogens with one attached hydrogen (secondary N) is 13. The quantitative estimate of drug-likeness (QED) is 0.0164. The minimum absolute atomic E-state index is 0.000948. The number of primary amides is 2.